The van der Waals surface area contributed by atoms with Crippen molar-refractivity contribution >= 4 is 15.9 Å². The molecule has 1 aromatic rings. The fraction of sp³-hybridized carbons (Fsp3) is 0.455. The van der Waals surface area contributed by atoms with Crippen LogP contribution in [-0.2, 0) is 16.6 Å². The summed E-state index contributed by atoms with van der Waals surface area (Å²) < 4.78 is 23.9. The van der Waals surface area contributed by atoms with E-state index in [1.54, 1.807) is 18.3 Å². The van der Waals surface area contributed by atoms with Crippen LogP contribution in [0.2, 0.25) is 0 Å². The van der Waals surface area contributed by atoms with Crippen molar-refractivity contribution < 1.29 is 13.2 Å². The molecule has 0 atom stereocenters. The molecule has 0 spiro atoms. The van der Waals surface area contributed by atoms with Crippen molar-refractivity contribution in [3.05, 3.63) is 29.6 Å². The third-order valence-electron chi connectivity index (χ3n) is 2.30. The van der Waals surface area contributed by atoms with Crippen molar-refractivity contribution in [2.45, 2.75) is 13.0 Å². The maximum atomic E-state index is 11.7. The molecule has 1 rings (SSSR count). The molecule has 0 unspecified atom stereocenters. The van der Waals surface area contributed by atoms with Crippen molar-refractivity contribution in [2.24, 2.45) is 5.73 Å². The van der Waals surface area contributed by atoms with Crippen molar-refractivity contribution in [1.82, 2.24) is 15.0 Å². The SMILES string of the molecule is CS(=O)(=O)NCCCNC(=O)c1ccc(CN)cn1. The number of amides is 1. The Bertz CT molecular complexity index is 513. The van der Waals surface area contributed by atoms with Crippen LogP contribution in [0.4, 0.5) is 0 Å². The molecule has 0 aromatic carbocycles. The van der Waals surface area contributed by atoms with Crippen molar-refractivity contribution in [3.8, 4) is 0 Å². The summed E-state index contributed by atoms with van der Waals surface area (Å²) in [5.41, 5.74) is 6.60. The minimum absolute atomic E-state index is 0.289. The Kier molecular flexibility index (Phi) is 5.87. The highest BCUT2D eigenvalue weighted by Gasteiger charge is 2.06. The standard InChI is InChI=1S/C11H18N4O3S/c1-19(17,18)15-6-2-5-13-11(16)10-4-3-9(7-12)8-14-10/h3-4,8,15H,2,5-7,12H2,1H3,(H,13,16). The summed E-state index contributed by atoms with van der Waals surface area (Å²) in [5, 5.41) is 2.66. The van der Waals surface area contributed by atoms with E-state index in [-0.39, 0.29) is 5.91 Å². The van der Waals surface area contributed by atoms with Crippen LogP contribution in [0, 0.1) is 0 Å². The van der Waals surface area contributed by atoms with Gasteiger partial charge in [0.25, 0.3) is 5.91 Å². The molecule has 106 valence electrons. The Labute approximate surface area is 112 Å². The van der Waals surface area contributed by atoms with E-state index in [0.717, 1.165) is 11.8 Å². The molecule has 1 heterocycles. The summed E-state index contributed by atoms with van der Waals surface area (Å²) in [4.78, 5) is 15.6. The van der Waals surface area contributed by atoms with E-state index in [4.69, 9.17) is 5.73 Å². The second kappa shape index (κ2) is 7.17. The predicted molar refractivity (Wildman–Crippen MR) is 71.9 cm³/mol. The zero-order valence-corrected chi connectivity index (χ0v) is 11.5. The third-order valence-corrected chi connectivity index (χ3v) is 3.02. The molecule has 0 saturated heterocycles. The molecule has 0 saturated carbocycles. The second-order valence-electron chi connectivity index (χ2n) is 4.03. The fourth-order valence-electron chi connectivity index (χ4n) is 1.32. The molecule has 0 aliphatic heterocycles. The summed E-state index contributed by atoms with van der Waals surface area (Å²) in [6, 6.07) is 3.35. The predicted octanol–water partition coefficient (Wildman–Crippen LogP) is -0.791. The average molecular weight is 286 g/mol. The molecule has 0 bridgehead atoms. The number of hydrogen-bond acceptors (Lipinski definition) is 5. The number of carbonyl (C=O) groups excluding carboxylic acids is 1. The highest BCUT2D eigenvalue weighted by atomic mass is 32.2. The number of carbonyl (C=O) groups is 1. The first-order valence-electron chi connectivity index (χ1n) is 5.80. The zero-order valence-electron chi connectivity index (χ0n) is 10.7. The average Bonchev–Trinajstić information content (AvgIpc) is 2.37. The Hall–Kier alpha value is -1.51. The van der Waals surface area contributed by atoms with Gasteiger partial charge in [-0.3, -0.25) is 9.78 Å². The number of hydrogen-bond donors (Lipinski definition) is 3. The maximum Gasteiger partial charge on any atom is 0.269 e. The number of pyridine rings is 1. The number of nitrogens with one attached hydrogen (secondary N) is 2. The van der Waals surface area contributed by atoms with Crippen LogP contribution in [-0.4, -0.2) is 38.7 Å². The van der Waals surface area contributed by atoms with Gasteiger partial charge in [-0.2, -0.15) is 0 Å². The molecule has 4 N–H and O–H groups in total. The molecule has 0 radical (unpaired) electrons. The molecule has 8 heteroatoms. The van der Waals surface area contributed by atoms with Crippen molar-refractivity contribution in [1.29, 1.82) is 0 Å². The monoisotopic (exact) mass is 286 g/mol. The Morgan fingerprint density at radius 2 is 2.11 bits per heavy atom. The summed E-state index contributed by atoms with van der Waals surface area (Å²) in [6.07, 6.45) is 3.16. The van der Waals surface area contributed by atoms with Gasteiger partial charge < -0.3 is 11.1 Å². The van der Waals surface area contributed by atoms with E-state index in [1.807, 2.05) is 0 Å². The quantitative estimate of drug-likeness (QED) is 0.568. The van der Waals surface area contributed by atoms with Crippen LogP contribution >= 0.6 is 0 Å². The van der Waals surface area contributed by atoms with Crippen molar-refractivity contribution in [3.63, 3.8) is 0 Å². The minimum Gasteiger partial charge on any atom is -0.351 e. The van der Waals surface area contributed by atoms with Crippen molar-refractivity contribution in [2.75, 3.05) is 19.3 Å². The van der Waals surface area contributed by atoms with Gasteiger partial charge in [0.1, 0.15) is 5.69 Å². The van der Waals surface area contributed by atoms with Gasteiger partial charge in [0, 0.05) is 25.8 Å². The van der Waals surface area contributed by atoms with E-state index in [9.17, 15) is 13.2 Å². The Morgan fingerprint density at radius 3 is 2.63 bits per heavy atom. The molecular formula is C11H18N4O3S. The van der Waals surface area contributed by atoms with E-state index < -0.39 is 10.0 Å². The number of aromatic nitrogens is 1. The minimum atomic E-state index is -3.17. The lowest BCUT2D eigenvalue weighted by Gasteiger charge is -2.05. The van der Waals surface area contributed by atoms with Gasteiger partial charge in [0.05, 0.1) is 6.26 Å². The van der Waals surface area contributed by atoms with E-state index in [0.29, 0.717) is 31.7 Å². The van der Waals surface area contributed by atoms with Gasteiger partial charge in [-0.05, 0) is 18.1 Å². The molecule has 1 amide bonds. The Morgan fingerprint density at radius 1 is 1.37 bits per heavy atom. The largest absolute Gasteiger partial charge is 0.351 e. The maximum absolute atomic E-state index is 11.7. The Balaban J connectivity index is 2.31. The smallest absolute Gasteiger partial charge is 0.269 e. The zero-order chi connectivity index (χ0) is 14.3. The fourth-order valence-corrected chi connectivity index (χ4v) is 1.83. The van der Waals surface area contributed by atoms with Gasteiger partial charge in [-0.1, -0.05) is 6.07 Å². The summed E-state index contributed by atoms with van der Waals surface area (Å²) in [7, 11) is -3.17. The van der Waals surface area contributed by atoms with Gasteiger partial charge in [-0.15, -0.1) is 0 Å². The lowest BCUT2D eigenvalue weighted by Crippen LogP contribution is -2.29. The van der Waals surface area contributed by atoms with Gasteiger partial charge >= 0.3 is 0 Å². The normalized spacial score (nSPS) is 11.3. The molecule has 0 aliphatic carbocycles. The van der Waals surface area contributed by atoms with Crippen LogP contribution in [0.25, 0.3) is 0 Å². The van der Waals surface area contributed by atoms with E-state index in [1.165, 1.54) is 0 Å². The van der Waals surface area contributed by atoms with Gasteiger partial charge in [0.2, 0.25) is 10.0 Å². The lowest BCUT2D eigenvalue weighted by atomic mass is 10.2. The van der Waals surface area contributed by atoms with E-state index in [2.05, 4.69) is 15.0 Å². The van der Waals surface area contributed by atoms with Crippen LogP contribution in [0.15, 0.2) is 18.3 Å². The summed E-state index contributed by atoms with van der Waals surface area (Å²) >= 11 is 0. The number of nitrogens with two attached hydrogens (primary N) is 1. The van der Waals surface area contributed by atoms with Crippen LogP contribution in [0.1, 0.15) is 22.5 Å². The van der Waals surface area contributed by atoms with Gasteiger partial charge in [0.15, 0.2) is 0 Å². The summed E-state index contributed by atoms with van der Waals surface area (Å²) in [6.45, 7) is 1.05. The van der Waals surface area contributed by atoms with E-state index >= 15 is 0 Å². The highest BCUT2D eigenvalue weighted by molar-refractivity contribution is 7.88. The highest BCUT2D eigenvalue weighted by Crippen LogP contribution is 1.99. The van der Waals surface area contributed by atoms with Crippen LogP contribution < -0.4 is 15.8 Å². The first-order chi connectivity index (χ1) is 8.92. The molecule has 7 nitrogen and oxygen atoms in total. The number of nitrogens with zero attached hydrogens (tertiary/aromatic N) is 1. The van der Waals surface area contributed by atoms with Crippen LogP contribution in [0.5, 0.6) is 0 Å². The van der Waals surface area contributed by atoms with Crippen LogP contribution in [0.3, 0.4) is 0 Å². The molecule has 1 aromatic heterocycles. The first-order valence-corrected chi connectivity index (χ1v) is 7.69. The topological polar surface area (TPSA) is 114 Å². The lowest BCUT2D eigenvalue weighted by molar-refractivity contribution is 0.0948. The second-order valence-corrected chi connectivity index (χ2v) is 5.86. The molecule has 0 fully saturated rings. The molecule has 19 heavy (non-hydrogen) atoms. The molecule has 0 aliphatic rings. The van der Waals surface area contributed by atoms with Gasteiger partial charge in [-0.25, -0.2) is 13.1 Å². The molecular weight excluding hydrogens is 268 g/mol. The number of rotatable bonds is 7. The number of sulfonamides is 1. The summed E-state index contributed by atoms with van der Waals surface area (Å²) in [5.74, 6) is -0.289. The third kappa shape index (κ3) is 6.27. The first kappa shape index (κ1) is 15.5.